The van der Waals surface area contributed by atoms with Gasteiger partial charge in [-0.25, -0.2) is 4.98 Å². The molecule has 1 aromatic heterocycles. The Kier molecular flexibility index (Phi) is 4.07. The van der Waals surface area contributed by atoms with Crippen LogP contribution in [-0.4, -0.2) is 21.8 Å². The van der Waals surface area contributed by atoms with E-state index < -0.39 is 0 Å². The number of rotatable bonds is 4. The number of nitrogens with two attached hydrogens (primary N) is 1. The van der Waals surface area contributed by atoms with Gasteiger partial charge in [-0.15, -0.1) is 0 Å². The van der Waals surface area contributed by atoms with Gasteiger partial charge in [-0.3, -0.25) is 0 Å². The maximum absolute atomic E-state index is 6.47. The van der Waals surface area contributed by atoms with Gasteiger partial charge in [0, 0.05) is 26.0 Å². The van der Waals surface area contributed by atoms with Crippen molar-refractivity contribution in [2.75, 3.05) is 6.61 Å². The van der Waals surface area contributed by atoms with Gasteiger partial charge in [-0.05, 0) is 38.5 Å². The third kappa shape index (κ3) is 2.45. The van der Waals surface area contributed by atoms with Gasteiger partial charge in [0.15, 0.2) is 0 Å². The molecule has 18 heavy (non-hydrogen) atoms. The van der Waals surface area contributed by atoms with Crippen molar-refractivity contribution in [1.29, 1.82) is 0 Å². The van der Waals surface area contributed by atoms with Crippen molar-refractivity contribution in [2.24, 2.45) is 18.7 Å². The fourth-order valence-corrected chi connectivity index (χ4v) is 3.00. The molecule has 0 amide bonds. The van der Waals surface area contributed by atoms with Crippen molar-refractivity contribution in [1.82, 2.24) is 9.55 Å². The lowest BCUT2D eigenvalue weighted by atomic mass is 9.75. The minimum atomic E-state index is -0.222. The Morgan fingerprint density at radius 1 is 1.56 bits per heavy atom. The molecule has 0 aliphatic heterocycles. The van der Waals surface area contributed by atoms with Gasteiger partial charge in [0.1, 0.15) is 5.82 Å². The Morgan fingerprint density at radius 3 is 2.72 bits per heavy atom. The minimum Gasteiger partial charge on any atom is -0.373 e. The molecule has 1 atom stereocenters. The summed E-state index contributed by atoms with van der Waals surface area (Å²) in [7, 11) is 1.99. The van der Waals surface area contributed by atoms with Crippen LogP contribution in [-0.2, 0) is 11.8 Å². The first kappa shape index (κ1) is 13.6. The zero-order valence-corrected chi connectivity index (χ0v) is 11.7. The van der Waals surface area contributed by atoms with Gasteiger partial charge in [0.25, 0.3) is 0 Å². The normalized spacial score (nSPS) is 30.3. The molecule has 4 nitrogen and oxygen atoms in total. The second kappa shape index (κ2) is 5.41. The van der Waals surface area contributed by atoms with E-state index >= 15 is 0 Å². The molecule has 1 fully saturated rings. The predicted molar refractivity (Wildman–Crippen MR) is 72.1 cm³/mol. The molecule has 4 heteroatoms. The van der Waals surface area contributed by atoms with Crippen LogP contribution >= 0.6 is 0 Å². The van der Waals surface area contributed by atoms with Gasteiger partial charge in [-0.1, -0.05) is 6.92 Å². The lowest BCUT2D eigenvalue weighted by Gasteiger charge is -2.42. The molecular formula is C14H25N3O. The molecule has 1 saturated carbocycles. The predicted octanol–water partition coefficient (Wildman–Crippen LogP) is 2.41. The highest BCUT2D eigenvalue weighted by molar-refractivity contribution is 5.08. The van der Waals surface area contributed by atoms with E-state index in [4.69, 9.17) is 10.5 Å². The summed E-state index contributed by atoms with van der Waals surface area (Å²) in [4.78, 5) is 4.40. The fraction of sp³-hybridized carbons (Fsp3) is 0.786. The molecule has 2 N–H and O–H groups in total. The second-order valence-electron chi connectivity index (χ2n) is 5.55. The van der Waals surface area contributed by atoms with Crippen molar-refractivity contribution in [3.05, 3.63) is 18.2 Å². The fourth-order valence-electron chi connectivity index (χ4n) is 3.00. The smallest absolute Gasteiger partial charge is 0.128 e. The van der Waals surface area contributed by atoms with Crippen LogP contribution in [0.2, 0.25) is 0 Å². The van der Waals surface area contributed by atoms with Gasteiger partial charge in [0.2, 0.25) is 0 Å². The van der Waals surface area contributed by atoms with Crippen LogP contribution in [0.25, 0.3) is 0 Å². The number of ether oxygens (including phenoxy) is 1. The quantitative estimate of drug-likeness (QED) is 0.894. The van der Waals surface area contributed by atoms with Crippen LogP contribution in [0, 0.1) is 5.92 Å². The Labute approximate surface area is 110 Å². The number of hydrogen-bond donors (Lipinski definition) is 1. The van der Waals surface area contributed by atoms with Crippen LogP contribution in [0.1, 0.15) is 51.4 Å². The maximum atomic E-state index is 6.47. The topological polar surface area (TPSA) is 53.1 Å². The van der Waals surface area contributed by atoms with Gasteiger partial charge >= 0.3 is 0 Å². The second-order valence-corrected chi connectivity index (χ2v) is 5.55. The molecule has 0 saturated heterocycles. The van der Waals surface area contributed by atoms with Crippen molar-refractivity contribution in [3.63, 3.8) is 0 Å². The molecule has 102 valence electrons. The van der Waals surface area contributed by atoms with Crippen molar-refractivity contribution in [2.45, 2.75) is 51.2 Å². The molecule has 1 aliphatic carbocycles. The summed E-state index contributed by atoms with van der Waals surface area (Å²) >= 11 is 0. The van der Waals surface area contributed by atoms with Gasteiger partial charge in [-0.2, -0.15) is 0 Å². The first-order valence-corrected chi connectivity index (χ1v) is 6.96. The summed E-state index contributed by atoms with van der Waals surface area (Å²) in [5.74, 6) is 1.71. The molecular weight excluding hydrogens is 226 g/mol. The van der Waals surface area contributed by atoms with Crippen LogP contribution < -0.4 is 5.73 Å². The Morgan fingerprint density at radius 2 is 2.22 bits per heavy atom. The monoisotopic (exact) mass is 251 g/mol. The third-order valence-corrected chi connectivity index (χ3v) is 4.26. The van der Waals surface area contributed by atoms with E-state index in [0.29, 0.717) is 6.61 Å². The lowest BCUT2D eigenvalue weighted by Crippen LogP contribution is -2.47. The first-order chi connectivity index (χ1) is 8.59. The van der Waals surface area contributed by atoms with E-state index in [1.54, 1.807) is 6.20 Å². The van der Waals surface area contributed by atoms with E-state index in [1.165, 1.54) is 12.8 Å². The zero-order chi connectivity index (χ0) is 13.2. The number of nitrogens with zero attached hydrogens (tertiary/aromatic N) is 2. The Hall–Kier alpha value is -0.870. The molecule has 1 aliphatic rings. The molecule has 0 radical (unpaired) electrons. The first-order valence-electron chi connectivity index (χ1n) is 6.96. The van der Waals surface area contributed by atoms with E-state index in [1.807, 2.05) is 24.7 Å². The van der Waals surface area contributed by atoms with E-state index in [-0.39, 0.29) is 11.6 Å². The zero-order valence-electron chi connectivity index (χ0n) is 11.7. The minimum absolute atomic E-state index is 0.134. The molecule has 1 aromatic rings. The molecule has 0 spiro atoms. The number of imidazole rings is 1. The summed E-state index contributed by atoms with van der Waals surface area (Å²) in [6, 6.07) is -0.134. The lowest BCUT2D eigenvalue weighted by molar-refractivity contribution is -0.0916. The van der Waals surface area contributed by atoms with Crippen molar-refractivity contribution < 1.29 is 4.74 Å². The SMILES string of the molecule is CCOC1(C(N)c2nccn2C)CCC(C)CC1. The molecule has 0 aromatic carbocycles. The summed E-state index contributed by atoms with van der Waals surface area (Å²) in [5.41, 5.74) is 6.25. The third-order valence-electron chi connectivity index (χ3n) is 4.26. The molecule has 1 heterocycles. The molecule has 2 rings (SSSR count). The number of hydrogen-bond acceptors (Lipinski definition) is 3. The Balaban J connectivity index is 2.22. The number of aryl methyl sites for hydroxylation is 1. The number of aromatic nitrogens is 2. The van der Waals surface area contributed by atoms with Crippen LogP contribution in [0.5, 0.6) is 0 Å². The average molecular weight is 251 g/mol. The van der Waals surface area contributed by atoms with Crippen molar-refractivity contribution >= 4 is 0 Å². The van der Waals surface area contributed by atoms with Crippen LogP contribution in [0.4, 0.5) is 0 Å². The Bertz CT molecular complexity index is 380. The summed E-state index contributed by atoms with van der Waals surface area (Å²) in [5, 5.41) is 0. The van der Waals surface area contributed by atoms with Crippen LogP contribution in [0.15, 0.2) is 12.4 Å². The summed E-state index contributed by atoms with van der Waals surface area (Å²) in [6.07, 6.45) is 8.21. The molecule has 1 unspecified atom stereocenters. The van der Waals surface area contributed by atoms with Crippen molar-refractivity contribution in [3.8, 4) is 0 Å². The highest BCUT2D eigenvalue weighted by Crippen LogP contribution is 2.41. The van der Waals surface area contributed by atoms with E-state index in [0.717, 1.165) is 24.6 Å². The highest BCUT2D eigenvalue weighted by Gasteiger charge is 2.42. The van der Waals surface area contributed by atoms with Crippen LogP contribution in [0.3, 0.4) is 0 Å². The summed E-state index contributed by atoms with van der Waals surface area (Å²) in [6.45, 7) is 5.07. The molecule has 0 bridgehead atoms. The average Bonchev–Trinajstić information content (AvgIpc) is 2.78. The van der Waals surface area contributed by atoms with E-state index in [2.05, 4.69) is 11.9 Å². The standard InChI is InChI=1S/C14H25N3O/c1-4-18-14(7-5-11(2)6-8-14)12(15)13-16-9-10-17(13)3/h9-12H,4-8,15H2,1-3H3. The summed E-state index contributed by atoms with van der Waals surface area (Å²) < 4.78 is 8.08. The maximum Gasteiger partial charge on any atom is 0.128 e. The highest BCUT2D eigenvalue weighted by atomic mass is 16.5. The van der Waals surface area contributed by atoms with Gasteiger partial charge in [0.05, 0.1) is 11.6 Å². The largest absolute Gasteiger partial charge is 0.373 e. The van der Waals surface area contributed by atoms with Gasteiger partial charge < -0.3 is 15.0 Å². The van der Waals surface area contributed by atoms with E-state index in [9.17, 15) is 0 Å².